The summed E-state index contributed by atoms with van der Waals surface area (Å²) in [6.07, 6.45) is 4.94. The van der Waals surface area contributed by atoms with Gasteiger partial charge in [-0.3, -0.25) is 9.78 Å². The SMILES string of the molecule is Cn1ncc(C#N)c1-c1cn[nH]c1. The molecule has 2 aromatic rings. The van der Waals surface area contributed by atoms with Crippen molar-refractivity contribution in [2.45, 2.75) is 0 Å². The first-order valence-electron chi connectivity index (χ1n) is 3.74. The van der Waals surface area contributed by atoms with Crippen LogP contribution < -0.4 is 0 Å². The minimum atomic E-state index is 0.559. The minimum absolute atomic E-state index is 0.559. The normalized spacial score (nSPS) is 9.85. The monoisotopic (exact) mass is 173 g/mol. The number of nitrogens with zero attached hydrogens (tertiary/aromatic N) is 4. The van der Waals surface area contributed by atoms with E-state index in [-0.39, 0.29) is 0 Å². The predicted octanol–water partition coefficient (Wildman–Crippen LogP) is 0.682. The van der Waals surface area contributed by atoms with Crippen LogP contribution in [0.5, 0.6) is 0 Å². The van der Waals surface area contributed by atoms with Crippen molar-refractivity contribution in [3.05, 3.63) is 24.2 Å². The lowest BCUT2D eigenvalue weighted by atomic mass is 10.2. The number of hydrogen-bond acceptors (Lipinski definition) is 3. The largest absolute Gasteiger partial charge is 0.285 e. The van der Waals surface area contributed by atoms with Gasteiger partial charge >= 0.3 is 0 Å². The zero-order valence-electron chi connectivity index (χ0n) is 7.02. The zero-order chi connectivity index (χ0) is 9.26. The molecule has 0 bridgehead atoms. The van der Waals surface area contributed by atoms with Crippen LogP contribution in [0.3, 0.4) is 0 Å². The molecule has 5 nitrogen and oxygen atoms in total. The van der Waals surface area contributed by atoms with Crippen molar-refractivity contribution in [1.82, 2.24) is 20.0 Å². The number of aryl methyl sites for hydroxylation is 1. The molecule has 0 amide bonds. The molecule has 0 unspecified atom stereocenters. The maximum Gasteiger partial charge on any atom is 0.103 e. The van der Waals surface area contributed by atoms with Crippen LogP contribution in [0, 0.1) is 11.3 Å². The molecule has 0 saturated carbocycles. The maximum absolute atomic E-state index is 8.80. The lowest BCUT2D eigenvalue weighted by molar-refractivity contribution is 0.776. The standard InChI is InChI=1S/C8H7N5/c1-13-8(6(2-9)5-12-13)7-3-10-11-4-7/h3-5H,1H3,(H,10,11). The number of aromatic amines is 1. The molecule has 0 aliphatic carbocycles. The van der Waals surface area contributed by atoms with Crippen molar-refractivity contribution >= 4 is 0 Å². The van der Waals surface area contributed by atoms with Crippen molar-refractivity contribution < 1.29 is 0 Å². The van der Waals surface area contributed by atoms with Gasteiger partial charge in [0.15, 0.2) is 0 Å². The molecular formula is C8H7N5. The lowest BCUT2D eigenvalue weighted by Gasteiger charge is -1.96. The summed E-state index contributed by atoms with van der Waals surface area (Å²) < 4.78 is 1.66. The highest BCUT2D eigenvalue weighted by Gasteiger charge is 2.10. The molecule has 2 aromatic heterocycles. The number of nitrogens with one attached hydrogen (secondary N) is 1. The molecule has 0 aliphatic rings. The fourth-order valence-electron chi connectivity index (χ4n) is 1.24. The summed E-state index contributed by atoms with van der Waals surface area (Å²) in [7, 11) is 1.79. The van der Waals surface area contributed by atoms with Gasteiger partial charge in [-0.25, -0.2) is 0 Å². The van der Waals surface area contributed by atoms with E-state index in [4.69, 9.17) is 5.26 Å². The first-order chi connectivity index (χ1) is 6.33. The zero-order valence-corrected chi connectivity index (χ0v) is 7.02. The second-order valence-corrected chi connectivity index (χ2v) is 2.63. The van der Waals surface area contributed by atoms with Crippen molar-refractivity contribution in [3.8, 4) is 17.3 Å². The Morgan fingerprint density at radius 3 is 3.00 bits per heavy atom. The van der Waals surface area contributed by atoms with E-state index in [9.17, 15) is 0 Å². The van der Waals surface area contributed by atoms with Crippen LogP contribution in [0.15, 0.2) is 18.6 Å². The fourth-order valence-corrected chi connectivity index (χ4v) is 1.24. The molecule has 0 spiro atoms. The number of H-pyrrole nitrogens is 1. The Morgan fingerprint density at radius 2 is 2.38 bits per heavy atom. The molecule has 2 heterocycles. The van der Waals surface area contributed by atoms with E-state index >= 15 is 0 Å². The first-order valence-corrected chi connectivity index (χ1v) is 3.74. The van der Waals surface area contributed by atoms with Gasteiger partial charge in [-0.1, -0.05) is 0 Å². The predicted molar refractivity (Wildman–Crippen MR) is 45.5 cm³/mol. The fraction of sp³-hybridized carbons (Fsp3) is 0.125. The lowest BCUT2D eigenvalue weighted by Crippen LogP contribution is -1.93. The van der Waals surface area contributed by atoms with E-state index in [0.29, 0.717) is 5.56 Å². The van der Waals surface area contributed by atoms with Gasteiger partial charge in [-0.05, 0) is 0 Å². The van der Waals surface area contributed by atoms with Gasteiger partial charge in [0.05, 0.1) is 23.7 Å². The third-order valence-electron chi connectivity index (χ3n) is 1.83. The highest BCUT2D eigenvalue weighted by Crippen LogP contribution is 2.20. The molecule has 0 saturated heterocycles. The summed E-state index contributed by atoms with van der Waals surface area (Å²) >= 11 is 0. The average Bonchev–Trinajstić information content (AvgIpc) is 2.72. The molecule has 1 N–H and O–H groups in total. The smallest absolute Gasteiger partial charge is 0.103 e. The molecule has 5 heteroatoms. The van der Waals surface area contributed by atoms with Crippen LogP contribution in [-0.4, -0.2) is 20.0 Å². The number of rotatable bonds is 1. The van der Waals surface area contributed by atoms with Gasteiger partial charge < -0.3 is 0 Å². The first kappa shape index (κ1) is 7.55. The molecule has 0 atom stereocenters. The minimum Gasteiger partial charge on any atom is -0.285 e. The summed E-state index contributed by atoms with van der Waals surface area (Å²) in [5, 5.41) is 19.3. The topological polar surface area (TPSA) is 70.3 Å². The Morgan fingerprint density at radius 1 is 1.54 bits per heavy atom. The average molecular weight is 173 g/mol. The van der Waals surface area contributed by atoms with Crippen LogP contribution in [0.4, 0.5) is 0 Å². The Balaban J connectivity index is 2.64. The van der Waals surface area contributed by atoms with Crippen molar-refractivity contribution in [2.24, 2.45) is 7.05 Å². The van der Waals surface area contributed by atoms with Crippen LogP contribution in [0.2, 0.25) is 0 Å². The van der Waals surface area contributed by atoms with Crippen LogP contribution in [0.25, 0.3) is 11.3 Å². The molecule has 0 aliphatic heterocycles. The van der Waals surface area contributed by atoms with E-state index in [0.717, 1.165) is 11.3 Å². The Bertz CT molecular complexity index is 445. The summed E-state index contributed by atoms with van der Waals surface area (Å²) in [4.78, 5) is 0. The van der Waals surface area contributed by atoms with Gasteiger partial charge in [0.2, 0.25) is 0 Å². The number of aromatic nitrogens is 4. The van der Waals surface area contributed by atoms with E-state index in [1.54, 1.807) is 30.3 Å². The highest BCUT2D eigenvalue weighted by molar-refractivity contribution is 5.64. The molecule has 13 heavy (non-hydrogen) atoms. The third-order valence-corrected chi connectivity index (χ3v) is 1.83. The Kier molecular flexibility index (Phi) is 1.60. The van der Waals surface area contributed by atoms with E-state index in [1.807, 2.05) is 0 Å². The summed E-state index contributed by atoms with van der Waals surface area (Å²) in [6.45, 7) is 0. The number of hydrogen-bond donors (Lipinski definition) is 1. The van der Waals surface area contributed by atoms with Crippen LogP contribution in [-0.2, 0) is 7.05 Å². The van der Waals surface area contributed by atoms with Crippen molar-refractivity contribution in [3.63, 3.8) is 0 Å². The van der Waals surface area contributed by atoms with Gasteiger partial charge in [-0.15, -0.1) is 0 Å². The van der Waals surface area contributed by atoms with Gasteiger partial charge in [-0.2, -0.15) is 15.5 Å². The molecule has 2 rings (SSSR count). The Hall–Kier alpha value is -2.09. The van der Waals surface area contributed by atoms with Gasteiger partial charge in [0.1, 0.15) is 6.07 Å². The second kappa shape index (κ2) is 2.75. The van der Waals surface area contributed by atoms with Gasteiger partial charge in [0, 0.05) is 18.8 Å². The highest BCUT2D eigenvalue weighted by atomic mass is 15.3. The molecule has 0 aromatic carbocycles. The molecular weight excluding hydrogens is 166 g/mol. The molecule has 0 radical (unpaired) electrons. The van der Waals surface area contributed by atoms with Crippen molar-refractivity contribution in [1.29, 1.82) is 5.26 Å². The second-order valence-electron chi connectivity index (χ2n) is 2.63. The molecule has 64 valence electrons. The molecule has 0 fully saturated rings. The van der Waals surface area contributed by atoms with Crippen molar-refractivity contribution in [2.75, 3.05) is 0 Å². The van der Waals surface area contributed by atoms with E-state index in [1.165, 1.54) is 0 Å². The third kappa shape index (κ3) is 1.08. The quantitative estimate of drug-likeness (QED) is 0.689. The maximum atomic E-state index is 8.80. The Labute approximate surface area is 74.6 Å². The summed E-state index contributed by atoms with van der Waals surface area (Å²) in [5.74, 6) is 0. The van der Waals surface area contributed by atoms with Crippen LogP contribution in [0.1, 0.15) is 5.56 Å². The van der Waals surface area contributed by atoms with E-state index in [2.05, 4.69) is 21.4 Å². The van der Waals surface area contributed by atoms with Crippen LogP contribution >= 0.6 is 0 Å². The van der Waals surface area contributed by atoms with Gasteiger partial charge in [0.25, 0.3) is 0 Å². The van der Waals surface area contributed by atoms with E-state index < -0.39 is 0 Å². The number of nitriles is 1. The summed E-state index contributed by atoms with van der Waals surface area (Å²) in [6, 6.07) is 2.08. The summed E-state index contributed by atoms with van der Waals surface area (Å²) in [5.41, 5.74) is 2.22.